The van der Waals surface area contributed by atoms with Crippen molar-refractivity contribution in [3.05, 3.63) is 35.4 Å². The van der Waals surface area contributed by atoms with E-state index in [4.69, 9.17) is 0 Å². The van der Waals surface area contributed by atoms with E-state index in [0.29, 0.717) is 12.5 Å². The molecule has 0 aliphatic carbocycles. The van der Waals surface area contributed by atoms with Crippen LogP contribution in [0.2, 0.25) is 0 Å². The Hall–Kier alpha value is -1.15. The normalized spacial score (nSPS) is 20.4. The van der Waals surface area contributed by atoms with E-state index in [1.165, 1.54) is 18.4 Å². The summed E-state index contributed by atoms with van der Waals surface area (Å²) in [4.78, 5) is 10.3. The lowest BCUT2D eigenvalue weighted by Crippen LogP contribution is -2.23. The summed E-state index contributed by atoms with van der Waals surface area (Å²) in [6.45, 7) is 1.16. The van der Waals surface area contributed by atoms with Gasteiger partial charge in [-0.15, -0.1) is 0 Å². The number of benzene rings is 1. The first-order chi connectivity index (χ1) is 7.38. The summed E-state index contributed by atoms with van der Waals surface area (Å²) in [5, 5.41) is 3.49. The van der Waals surface area contributed by atoms with Crippen molar-refractivity contribution in [3.63, 3.8) is 0 Å². The van der Waals surface area contributed by atoms with Crippen molar-refractivity contribution in [1.29, 1.82) is 0 Å². The molecule has 0 radical (unpaired) electrons. The van der Waals surface area contributed by atoms with Crippen molar-refractivity contribution in [1.82, 2.24) is 5.32 Å². The summed E-state index contributed by atoms with van der Waals surface area (Å²) in [5.41, 5.74) is 2.47. The Labute approximate surface area is 90.7 Å². The van der Waals surface area contributed by atoms with Crippen LogP contribution in [-0.2, 0) is 17.6 Å². The molecule has 15 heavy (non-hydrogen) atoms. The number of carbonyl (C=O) groups is 1. The van der Waals surface area contributed by atoms with Gasteiger partial charge in [-0.2, -0.15) is 0 Å². The maximum Gasteiger partial charge on any atom is 0.124 e. The molecule has 0 bridgehead atoms. The van der Waals surface area contributed by atoms with Gasteiger partial charge in [0.25, 0.3) is 0 Å². The van der Waals surface area contributed by atoms with E-state index in [2.05, 4.69) is 29.6 Å². The third-order valence-electron chi connectivity index (χ3n) is 2.99. The van der Waals surface area contributed by atoms with E-state index < -0.39 is 0 Å². The summed E-state index contributed by atoms with van der Waals surface area (Å²) >= 11 is 0. The number of carbonyl (C=O) groups excluding carboxylic acids is 1. The molecule has 1 atom stereocenters. The van der Waals surface area contributed by atoms with E-state index in [0.717, 1.165) is 24.8 Å². The van der Waals surface area contributed by atoms with Gasteiger partial charge in [0, 0.05) is 12.5 Å². The highest BCUT2D eigenvalue weighted by Crippen LogP contribution is 2.12. The maximum atomic E-state index is 10.3. The first-order valence-corrected chi connectivity index (χ1v) is 5.63. The molecule has 1 heterocycles. The van der Waals surface area contributed by atoms with Gasteiger partial charge < -0.3 is 10.1 Å². The molecule has 1 aromatic carbocycles. The Balaban J connectivity index is 1.93. The van der Waals surface area contributed by atoms with Crippen molar-refractivity contribution in [3.8, 4) is 0 Å². The number of nitrogens with one attached hydrogen (secondary N) is 1. The average molecular weight is 203 g/mol. The van der Waals surface area contributed by atoms with Gasteiger partial charge in [0.15, 0.2) is 0 Å². The number of rotatable bonds is 4. The van der Waals surface area contributed by atoms with Gasteiger partial charge >= 0.3 is 0 Å². The van der Waals surface area contributed by atoms with Crippen LogP contribution in [0, 0.1) is 0 Å². The molecule has 0 amide bonds. The van der Waals surface area contributed by atoms with Gasteiger partial charge in [0.1, 0.15) is 6.29 Å². The van der Waals surface area contributed by atoms with Gasteiger partial charge in [0.2, 0.25) is 0 Å². The van der Waals surface area contributed by atoms with Crippen molar-refractivity contribution < 1.29 is 4.79 Å². The van der Waals surface area contributed by atoms with Crippen LogP contribution >= 0.6 is 0 Å². The van der Waals surface area contributed by atoms with Crippen LogP contribution in [-0.4, -0.2) is 18.9 Å². The van der Waals surface area contributed by atoms with Crippen LogP contribution < -0.4 is 5.32 Å². The standard InChI is InChI=1S/C13H17NO/c15-9-7-11-3-5-12(6-4-11)10-13-2-1-8-14-13/h3-6,9,13-14H,1-2,7-8,10H2. The summed E-state index contributed by atoms with van der Waals surface area (Å²) in [6.07, 6.45) is 5.18. The molecule has 1 fully saturated rings. The molecule has 1 aliphatic rings. The molecule has 2 rings (SSSR count). The van der Waals surface area contributed by atoms with Crippen LogP contribution in [0.5, 0.6) is 0 Å². The zero-order chi connectivity index (χ0) is 10.5. The van der Waals surface area contributed by atoms with Crippen LogP contribution in [0.1, 0.15) is 24.0 Å². The molecule has 80 valence electrons. The van der Waals surface area contributed by atoms with Gasteiger partial charge in [0.05, 0.1) is 0 Å². The molecule has 0 aromatic heterocycles. The summed E-state index contributed by atoms with van der Waals surface area (Å²) in [7, 11) is 0. The Bertz CT molecular complexity index is 312. The number of aldehydes is 1. The zero-order valence-corrected chi connectivity index (χ0v) is 8.91. The minimum atomic E-state index is 0.530. The Kier molecular flexibility index (Phi) is 3.51. The van der Waals surface area contributed by atoms with E-state index in [9.17, 15) is 4.79 Å². The molecule has 2 nitrogen and oxygen atoms in total. The highest BCUT2D eigenvalue weighted by molar-refractivity contribution is 5.54. The fourth-order valence-corrected chi connectivity index (χ4v) is 2.12. The monoisotopic (exact) mass is 203 g/mol. The fourth-order valence-electron chi connectivity index (χ4n) is 2.12. The maximum absolute atomic E-state index is 10.3. The summed E-state index contributed by atoms with van der Waals surface area (Å²) < 4.78 is 0. The zero-order valence-electron chi connectivity index (χ0n) is 8.91. The smallest absolute Gasteiger partial charge is 0.124 e. The number of hydrogen-bond donors (Lipinski definition) is 1. The summed E-state index contributed by atoms with van der Waals surface area (Å²) in [5.74, 6) is 0. The molecular weight excluding hydrogens is 186 g/mol. The van der Waals surface area contributed by atoms with Crippen molar-refractivity contribution >= 4 is 6.29 Å². The molecule has 1 aliphatic heterocycles. The van der Waals surface area contributed by atoms with Crippen LogP contribution in [0.25, 0.3) is 0 Å². The van der Waals surface area contributed by atoms with Crippen LogP contribution in [0.3, 0.4) is 0 Å². The highest BCUT2D eigenvalue weighted by atomic mass is 16.1. The molecule has 0 saturated carbocycles. The predicted molar refractivity (Wildman–Crippen MR) is 60.9 cm³/mol. The lowest BCUT2D eigenvalue weighted by Gasteiger charge is -2.09. The Morgan fingerprint density at radius 1 is 1.27 bits per heavy atom. The van der Waals surface area contributed by atoms with Crippen LogP contribution in [0.15, 0.2) is 24.3 Å². The van der Waals surface area contributed by atoms with Crippen molar-refractivity contribution in [2.45, 2.75) is 31.7 Å². The minimum absolute atomic E-state index is 0.530. The predicted octanol–water partition coefficient (Wildman–Crippen LogP) is 1.72. The molecule has 2 heteroatoms. The molecule has 1 unspecified atom stereocenters. The van der Waals surface area contributed by atoms with E-state index in [1.54, 1.807) is 0 Å². The van der Waals surface area contributed by atoms with Gasteiger partial charge in [-0.25, -0.2) is 0 Å². The number of hydrogen-bond acceptors (Lipinski definition) is 2. The lowest BCUT2D eigenvalue weighted by molar-refractivity contribution is -0.107. The van der Waals surface area contributed by atoms with Gasteiger partial charge in [-0.3, -0.25) is 0 Å². The third-order valence-corrected chi connectivity index (χ3v) is 2.99. The second-order valence-electron chi connectivity index (χ2n) is 4.18. The average Bonchev–Trinajstić information content (AvgIpc) is 2.74. The fraction of sp³-hybridized carbons (Fsp3) is 0.462. The van der Waals surface area contributed by atoms with E-state index in [-0.39, 0.29) is 0 Å². The molecule has 0 spiro atoms. The first kappa shape index (κ1) is 10.4. The second-order valence-corrected chi connectivity index (χ2v) is 4.18. The largest absolute Gasteiger partial charge is 0.314 e. The van der Waals surface area contributed by atoms with E-state index >= 15 is 0 Å². The topological polar surface area (TPSA) is 29.1 Å². The van der Waals surface area contributed by atoms with E-state index in [1.807, 2.05) is 0 Å². The SMILES string of the molecule is O=CCc1ccc(CC2CCCN2)cc1. The molecule has 1 saturated heterocycles. The highest BCUT2D eigenvalue weighted by Gasteiger charge is 2.13. The molecular formula is C13H17NO. The van der Waals surface area contributed by atoms with Crippen molar-refractivity contribution in [2.24, 2.45) is 0 Å². The summed E-state index contributed by atoms with van der Waals surface area (Å²) in [6, 6.07) is 9.04. The van der Waals surface area contributed by atoms with Gasteiger partial charge in [-0.1, -0.05) is 24.3 Å². The van der Waals surface area contributed by atoms with Crippen LogP contribution in [0.4, 0.5) is 0 Å². The quantitative estimate of drug-likeness (QED) is 0.755. The Morgan fingerprint density at radius 3 is 2.60 bits per heavy atom. The lowest BCUT2D eigenvalue weighted by atomic mass is 10.0. The van der Waals surface area contributed by atoms with Gasteiger partial charge in [-0.05, 0) is 36.9 Å². The first-order valence-electron chi connectivity index (χ1n) is 5.63. The third kappa shape index (κ3) is 2.90. The molecule has 1 N–H and O–H groups in total. The van der Waals surface area contributed by atoms with Crippen molar-refractivity contribution in [2.75, 3.05) is 6.54 Å². The minimum Gasteiger partial charge on any atom is -0.314 e. The molecule has 1 aromatic rings. The Morgan fingerprint density at radius 2 is 2.00 bits per heavy atom. The second kappa shape index (κ2) is 5.08.